The smallest absolute Gasteiger partial charge is 0.229 e. The van der Waals surface area contributed by atoms with Gasteiger partial charge in [0.15, 0.2) is 0 Å². The molecule has 5 heteroatoms. The van der Waals surface area contributed by atoms with Gasteiger partial charge in [0.05, 0.1) is 11.3 Å². The highest BCUT2D eigenvalue weighted by Crippen LogP contribution is 2.29. The third-order valence-electron chi connectivity index (χ3n) is 4.13. The molecule has 0 aliphatic rings. The van der Waals surface area contributed by atoms with Crippen molar-refractivity contribution in [3.63, 3.8) is 0 Å². The molecule has 0 radical (unpaired) electrons. The van der Waals surface area contributed by atoms with E-state index in [9.17, 15) is 5.26 Å². The summed E-state index contributed by atoms with van der Waals surface area (Å²) >= 11 is 0. The number of aryl methyl sites for hydroxylation is 1. The normalized spacial score (nSPS) is 10.4. The molecule has 2 N–H and O–H groups in total. The lowest BCUT2D eigenvalue weighted by molar-refractivity contribution is 0.866. The Balaban J connectivity index is 1.89. The van der Waals surface area contributed by atoms with Gasteiger partial charge in [-0.05, 0) is 42.2 Å². The van der Waals surface area contributed by atoms with Gasteiger partial charge in [0.25, 0.3) is 0 Å². The second kappa shape index (κ2) is 7.66. The summed E-state index contributed by atoms with van der Waals surface area (Å²) < 4.78 is 0. The van der Waals surface area contributed by atoms with E-state index in [2.05, 4.69) is 65.6 Å². The van der Waals surface area contributed by atoms with Crippen LogP contribution in [0.15, 0.2) is 54.7 Å². The summed E-state index contributed by atoms with van der Waals surface area (Å²) in [4.78, 5) is 8.87. The van der Waals surface area contributed by atoms with Gasteiger partial charge in [-0.2, -0.15) is 10.2 Å². The second-order valence-corrected chi connectivity index (χ2v) is 6.37. The minimum atomic E-state index is 0.390. The van der Waals surface area contributed by atoms with Gasteiger partial charge in [-0.15, -0.1) is 0 Å². The van der Waals surface area contributed by atoms with Gasteiger partial charge in [0, 0.05) is 11.9 Å². The van der Waals surface area contributed by atoms with E-state index >= 15 is 0 Å². The molecule has 0 aliphatic heterocycles. The molecule has 0 atom stereocenters. The first kappa shape index (κ1) is 17.4. The molecule has 0 saturated heterocycles. The molecule has 0 fully saturated rings. The highest BCUT2D eigenvalue weighted by molar-refractivity contribution is 5.67. The first-order valence-corrected chi connectivity index (χ1v) is 8.54. The van der Waals surface area contributed by atoms with E-state index in [4.69, 9.17) is 0 Å². The summed E-state index contributed by atoms with van der Waals surface area (Å²) in [6.07, 6.45) is 1.69. The summed E-state index contributed by atoms with van der Waals surface area (Å²) in [5.41, 5.74) is 4.70. The van der Waals surface area contributed by atoms with Crippen molar-refractivity contribution in [3.8, 4) is 6.07 Å². The number of nitriles is 1. The topological polar surface area (TPSA) is 73.6 Å². The van der Waals surface area contributed by atoms with Crippen LogP contribution in [0, 0.1) is 18.3 Å². The monoisotopic (exact) mass is 343 g/mol. The molecule has 130 valence electrons. The molecule has 0 bridgehead atoms. The molecule has 0 saturated carbocycles. The van der Waals surface area contributed by atoms with Crippen molar-refractivity contribution in [2.75, 3.05) is 10.6 Å². The maximum Gasteiger partial charge on any atom is 0.229 e. The fourth-order valence-electron chi connectivity index (χ4n) is 2.77. The van der Waals surface area contributed by atoms with Gasteiger partial charge in [0.2, 0.25) is 5.95 Å². The molecular weight excluding hydrogens is 322 g/mol. The molecule has 2 aromatic carbocycles. The van der Waals surface area contributed by atoms with Gasteiger partial charge in [-0.3, -0.25) is 0 Å². The third kappa shape index (κ3) is 3.81. The average molecular weight is 343 g/mol. The number of nitrogens with one attached hydrogen (secondary N) is 2. The zero-order valence-corrected chi connectivity index (χ0v) is 15.1. The molecule has 26 heavy (non-hydrogen) atoms. The van der Waals surface area contributed by atoms with E-state index < -0.39 is 0 Å². The maximum atomic E-state index is 9.22. The van der Waals surface area contributed by atoms with Crippen molar-refractivity contribution >= 4 is 23.1 Å². The zero-order chi connectivity index (χ0) is 18.5. The molecule has 0 amide bonds. The van der Waals surface area contributed by atoms with Crippen LogP contribution >= 0.6 is 0 Å². The summed E-state index contributed by atoms with van der Waals surface area (Å²) in [6.45, 7) is 6.40. The summed E-state index contributed by atoms with van der Waals surface area (Å²) in [7, 11) is 0. The van der Waals surface area contributed by atoms with Crippen molar-refractivity contribution in [3.05, 3.63) is 71.4 Å². The highest BCUT2D eigenvalue weighted by atomic mass is 15.1. The number of hydrogen-bond acceptors (Lipinski definition) is 5. The van der Waals surface area contributed by atoms with Crippen molar-refractivity contribution in [1.82, 2.24) is 9.97 Å². The molecule has 5 nitrogen and oxygen atoms in total. The summed E-state index contributed by atoms with van der Waals surface area (Å²) in [6, 6.07) is 17.5. The maximum absolute atomic E-state index is 9.22. The van der Waals surface area contributed by atoms with E-state index in [1.165, 1.54) is 5.56 Å². The molecule has 3 aromatic rings. The van der Waals surface area contributed by atoms with Gasteiger partial charge in [0.1, 0.15) is 11.9 Å². The van der Waals surface area contributed by atoms with Crippen molar-refractivity contribution < 1.29 is 0 Å². The SMILES string of the molecule is Cc1cccc(C(C)C)c1Nc1nccc(Nc2ccccc2C#N)n1. The van der Waals surface area contributed by atoms with Crippen molar-refractivity contribution in [2.45, 2.75) is 26.7 Å². The highest BCUT2D eigenvalue weighted by Gasteiger charge is 2.11. The number of benzene rings is 2. The number of anilines is 4. The minimum absolute atomic E-state index is 0.390. The number of rotatable bonds is 5. The Morgan fingerprint density at radius 3 is 2.58 bits per heavy atom. The minimum Gasteiger partial charge on any atom is -0.339 e. The van der Waals surface area contributed by atoms with Crippen LogP contribution in [-0.2, 0) is 0 Å². The van der Waals surface area contributed by atoms with Crippen molar-refractivity contribution in [1.29, 1.82) is 5.26 Å². The Hall–Kier alpha value is -3.39. The van der Waals surface area contributed by atoms with Crippen LogP contribution in [-0.4, -0.2) is 9.97 Å². The Bertz CT molecular complexity index is 957. The van der Waals surface area contributed by atoms with Crippen LogP contribution in [0.2, 0.25) is 0 Å². The van der Waals surface area contributed by atoms with E-state index in [-0.39, 0.29) is 0 Å². The quantitative estimate of drug-likeness (QED) is 0.660. The molecule has 1 aromatic heterocycles. The van der Waals surface area contributed by atoms with Crippen LogP contribution in [0.5, 0.6) is 0 Å². The molecule has 1 heterocycles. The Morgan fingerprint density at radius 1 is 1.00 bits per heavy atom. The predicted molar refractivity (Wildman–Crippen MR) is 105 cm³/mol. The fraction of sp³-hybridized carbons (Fsp3) is 0.190. The van der Waals surface area contributed by atoms with Crippen LogP contribution in [0.4, 0.5) is 23.1 Å². The first-order valence-electron chi connectivity index (χ1n) is 8.54. The zero-order valence-electron chi connectivity index (χ0n) is 15.1. The lowest BCUT2D eigenvalue weighted by Gasteiger charge is -2.16. The van der Waals surface area contributed by atoms with Gasteiger partial charge in [-0.1, -0.05) is 44.2 Å². The lowest BCUT2D eigenvalue weighted by Crippen LogP contribution is -2.05. The van der Waals surface area contributed by atoms with Crippen LogP contribution in [0.3, 0.4) is 0 Å². The number of para-hydroxylation sites is 2. The molecule has 0 unspecified atom stereocenters. The number of aromatic nitrogens is 2. The molecular formula is C21H21N5. The largest absolute Gasteiger partial charge is 0.339 e. The summed E-state index contributed by atoms with van der Waals surface area (Å²) in [5, 5.41) is 15.8. The van der Waals surface area contributed by atoms with Crippen LogP contribution < -0.4 is 10.6 Å². The predicted octanol–water partition coefficient (Wildman–Crippen LogP) is 5.27. The number of hydrogen-bond donors (Lipinski definition) is 2. The van der Waals surface area contributed by atoms with Gasteiger partial charge in [-0.25, -0.2) is 4.98 Å². The molecule has 3 rings (SSSR count). The first-order chi connectivity index (χ1) is 12.6. The van der Waals surface area contributed by atoms with Crippen LogP contribution in [0.25, 0.3) is 0 Å². The number of nitrogens with zero attached hydrogens (tertiary/aromatic N) is 3. The van der Waals surface area contributed by atoms with Gasteiger partial charge >= 0.3 is 0 Å². The summed E-state index contributed by atoms with van der Waals surface area (Å²) in [5.74, 6) is 1.53. The van der Waals surface area contributed by atoms with E-state index in [0.29, 0.717) is 23.2 Å². The van der Waals surface area contributed by atoms with Gasteiger partial charge < -0.3 is 10.6 Å². The third-order valence-corrected chi connectivity index (χ3v) is 4.13. The van der Waals surface area contributed by atoms with E-state index in [1.54, 1.807) is 18.3 Å². The Labute approximate surface area is 153 Å². The molecule has 0 aliphatic carbocycles. The average Bonchev–Trinajstić information content (AvgIpc) is 2.64. The van der Waals surface area contributed by atoms with Crippen LogP contribution in [0.1, 0.15) is 36.5 Å². The standard InChI is InChI=1S/C21H21N5/c1-14(2)17-9-6-7-15(3)20(17)26-21-23-12-11-19(25-21)24-18-10-5-4-8-16(18)13-22/h4-12,14H,1-3H3,(H2,23,24,25,26). The Morgan fingerprint density at radius 2 is 1.81 bits per heavy atom. The molecule has 0 spiro atoms. The fourth-order valence-corrected chi connectivity index (χ4v) is 2.77. The lowest BCUT2D eigenvalue weighted by atomic mass is 9.98. The second-order valence-electron chi connectivity index (χ2n) is 6.37. The Kier molecular flexibility index (Phi) is 5.14. The van der Waals surface area contributed by atoms with E-state index in [0.717, 1.165) is 16.9 Å². The van der Waals surface area contributed by atoms with E-state index in [1.807, 2.05) is 18.2 Å². The van der Waals surface area contributed by atoms with Crippen molar-refractivity contribution in [2.24, 2.45) is 0 Å².